The molecule has 18 heavy (non-hydrogen) atoms. The van der Waals surface area contributed by atoms with E-state index < -0.39 is 0 Å². The number of hydrogen-bond donors (Lipinski definition) is 1. The molecule has 1 fully saturated rings. The molecule has 0 radical (unpaired) electrons. The predicted octanol–water partition coefficient (Wildman–Crippen LogP) is 4.60. The van der Waals surface area contributed by atoms with Gasteiger partial charge in [0, 0.05) is 28.3 Å². The summed E-state index contributed by atoms with van der Waals surface area (Å²) >= 11 is 7.85. The van der Waals surface area contributed by atoms with Crippen LogP contribution in [0.2, 0.25) is 5.02 Å². The lowest BCUT2D eigenvalue weighted by Gasteiger charge is -2.29. The van der Waals surface area contributed by atoms with Crippen molar-refractivity contribution in [1.29, 1.82) is 0 Å². The van der Waals surface area contributed by atoms with Crippen LogP contribution < -0.4 is 5.32 Å². The molecule has 1 aliphatic carbocycles. The summed E-state index contributed by atoms with van der Waals surface area (Å²) in [5.41, 5.74) is 0. The van der Waals surface area contributed by atoms with Crippen molar-refractivity contribution in [1.82, 2.24) is 5.32 Å². The summed E-state index contributed by atoms with van der Waals surface area (Å²) in [5, 5.41) is 4.53. The van der Waals surface area contributed by atoms with Gasteiger partial charge in [-0.05, 0) is 37.0 Å². The highest BCUT2D eigenvalue weighted by Gasteiger charge is 2.19. The SMILES string of the molecule is CC1CCCCC1NCCSc1cccc(Cl)c1. The molecule has 1 N–H and O–H groups in total. The number of hydrogen-bond acceptors (Lipinski definition) is 2. The van der Waals surface area contributed by atoms with E-state index in [1.165, 1.54) is 30.6 Å². The molecule has 3 heteroatoms. The van der Waals surface area contributed by atoms with Crippen molar-refractivity contribution in [2.24, 2.45) is 5.92 Å². The fraction of sp³-hybridized carbons (Fsp3) is 0.600. The Morgan fingerprint density at radius 2 is 2.17 bits per heavy atom. The van der Waals surface area contributed by atoms with Gasteiger partial charge in [-0.2, -0.15) is 0 Å². The Morgan fingerprint density at radius 1 is 1.33 bits per heavy atom. The van der Waals surface area contributed by atoms with Gasteiger partial charge in [0.2, 0.25) is 0 Å². The fourth-order valence-electron chi connectivity index (χ4n) is 2.59. The zero-order valence-corrected chi connectivity index (χ0v) is 12.6. The average molecular weight is 284 g/mol. The molecule has 0 heterocycles. The van der Waals surface area contributed by atoms with Gasteiger partial charge in [0.25, 0.3) is 0 Å². The second-order valence-corrected chi connectivity index (χ2v) is 6.73. The van der Waals surface area contributed by atoms with E-state index in [1.807, 2.05) is 30.0 Å². The zero-order chi connectivity index (χ0) is 12.8. The number of benzene rings is 1. The minimum Gasteiger partial charge on any atom is -0.313 e. The van der Waals surface area contributed by atoms with Gasteiger partial charge in [0.15, 0.2) is 0 Å². The summed E-state index contributed by atoms with van der Waals surface area (Å²) in [6, 6.07) is 8.84. The summed E-state index contributed by atoms with van der Waals surface area (Å²) in [5.74, 6) is 1.96. The van der Waals surface area contributed by atoms with E-state index in [1.54, 1.807) is 0 Å². The molecule has 1 aromatic carbocycles. The van der Waals surface area contributed by atoms with Crippen LogP contribution in [0.1, 0.15) is 32.6 Å². The zero-order valence-electron chi connectivity index (χ0n) is 11.0. The highest BCUT2D eigenvalue weighted by molar-refractivity contribution is 7.99. The molecule has 100 valence electrons. The van der Waals surface area contributed by atoms with Crippen LogP contribution in [0, 0.1) is 5.92 Å². The van der Waals surface area contributed by atoms with Crippen molar-refractivity contribution in [3.05, 3.63) is 29.3 Å². The molecule has 1 aliphatic rings. The Bertz CT molecular complexity index is 369. The standard InChI is InChI=1S/C15H22ClNS/c1-12-5-2-3-8-15(12)17-9-10-18-14-7-4-6-13(16)11-14/h4,6-7,11-12,15,17H,2-3,5,8-10H2,1H3. The molecule has 0 spiro atoms. The molecule has 2 rings (SSSR count). The third kappa shape index (κ3) is 4.49. The van der Waals surface area contributed by atoms with Gasteiger partial charge in [0.1, 0.15) is 0 Å². The molecule has 0 saturated heterocycles. The van der Waals surface area contributed by atoms with Crippen LogP contribution in [0.15, 0.2) is 29.2 Å². The third-order valence-electron chi connectivity index (χ3n) is 3.68. The first kappa shape index (κ1) is 14.2. The van der Waals surface area contributed by atoms with E-state index in [-0.39, 0.29) is 0 Å². The van der Waals surface area contributed by atoms with Crippen LogP contribution in [0.3, 0.4) is 0 Å². The Labute approximate surface area is 120 Å². The van der Waals surface area contributed by atoms with E-state index in [0.717, 1.165) is 29.3 Å². The van der Waals surface area contributed by atoms with E-state index in [0.29, 0.717) is 0 Å². The number of thioether (sulfide) groups is 1. The summed E-state index contributed by atoms with van der Waals surface area (Å²) in [7, 11) is 0. The maximum absolute atomic E-state index is 5.97. The van der Waals surface area contributed by atoms with Gasteiger partial charge in [-0.1, -0.05) is 37.4 Å². The summed E-state index contributed by atoms with van der Waals surface area (Å²) < 4.78 is 0. The first-order chi connectivity index (χ1) is 8.75. The van der Waals surface area contributed by atoms with Crippen molar-refractivity contribution in [2.45, 2.75) is 43.5 Å². The first-order valence-corrected chi connectivity index (χ1v) is 8.24. The second kappa shape index (κ2) is 7.42. The molecule has 2 unspecified atom stereocenters. The number of rotatable bonds is 5. The van der Waals surface area contributed by atoms with Crippen molar-refractivity contribution in [2.75, 3.05) is 12.3 Å². The molecule has 0 amide bonds. The molecule has 0 bridgehead atoms. The molecular weight excluding hydrogens is 262 g/mol. The number of halogens is 1. The van der Waals surface area contributed by atoms with E-state index in [9.17, 15) is 0 Å². The lowest BCUT2D eigenvalue weighted by atomic mass is 9.86. The van der Waals surface area contributed by atoms with Crippen LogP contribution in [-0.2, 0) is 0 Å². The van der Waals surface area contributed by atoms with Gasteiger partial charge in [-0.25, -0.2) is 0 Å². The van der Waals surface area contributed by atoms with Crippen LogP contribution in [0.5, 0.6) is 0 Å². The monoisotopic (exact) mass is 283 g/mol. The lowest BCUT2D eigenvalue weighted by Crippen LogP contribution is -2.38. The Balaban J connectivity index is 1.66. The average Bonchev–Trinajstić information content (AvgIpc) is 2.37. The maximum atomic E-state index is 5.97. The van der Waals surface area contributed by atoms with E-state index in [2.05, 4.69) is 18.3 Å². The van der Waals surface area contributed by atoms with Gasteiger partial charge in [-0.15, -0.1) is 11.8 Å². The summed E-state index contributed by atoms with van der Waals surface area (Å²) in [6.07, 6.45) is 5.54. The van der Waals surface area contributed by atoms with Gasteiger partial charge < -0.3 is 5.32 Å². The maximum Gasteiger partial charge on any atom is 0.0417 e. The van der Waals surface area contributed by atoms with Crippen molar-refractivity contribution < 1.29 is 0 Å². The summed E-state index contributed by atoms with van der Waals surface area (Å²) in [4.78, 5) is 1.26. The van der Waals surface area contributed by atoms with Crippen molar-refractivity contribution in [3.63, 3.8) is 0 Å². The Morgan fingerprint density at radius 3 is 2.94 bits per heavy atom. The van der Waals surface area contributed by atoms with Crippen molar-refractivity contribution in [3.8, 4) is 0 Å². The predicted molar refractivity (Wildman–Crippen MR) is 81.6 cm³/mol. The second-order valence-electron chi connectivity index (χ2n) is 5.13. The smallest absolute Gasteiger partial charge is 0.0417 e. The molecule has 1 aromatic rings. The first-order valence-electron chi connectivity index (χ1n) is 6.87. The molecular formula is C15H22ClNS. The van der Waals surface area contributed by atoms with Crippen LogP contribution in [0.4, 0.5) is 0 Å². The lowest BCUT2D eigenvalue weighted by molar-refractivity contribution is 0.285. The van der Waals surface area contributed by atoms with Crippen LogP contribution in [-0.4, -0.2) is 18.3 Å². The van der Waals surface area contributed by atoms with Crippen LogP contribution >= 0.6 is 23.4 Å². The van der Waals surface area contributed by atoms with Gasteiger partial charge >= 0.3 is 0 Å². The van der Waals surface area contributed by atoms with E-state index in [4.69, 9.17) is 11.6 Å². The molecule has 0 aliphatic heterocycles. The highest BCUT2D eigenvalue weighted by atomic mass is 35.5. The minimum atomic E-state index is 0.735. The quantitative estimate of drug-likeness (QED) is 0.626. The van der Waals surface area contributed by atoms with Gasteiger partial charge in [-0.3, -0.25) is 0 Å². The van der Waals surface area contributed by atoms with Crippen molar-refractivity contribution >= 4 is 23.4 Å². The molecule has 2 atom stereocenters. The van der Waals surface area contributed by atoms with E-state index >= 15 is 0 Å². The molecule has 1 saturated carbocycles. The Kier molecular flexibility index (Phi) is 5.87. The third-order valence-corrected chi connectivity index (χ3v) is 4.92. The number of nitrogens with one attached hydrogen (secondary N) is 1. The minimum absolute atomic E-state index is 0.735. The molecule has 1 nitrogen and oxygen atoms in total. The highest BCUT2D eigenvalue weighted by Crippen LogP contribution is 2.24. The molecule has 0 aromatic heterocycles. The largest absolute Gasteiger partial charge is 0.313 e. The van der Waals surface area contributed by atoms with Crippen LogP contribution in [0.25, 0.3) is 0 Å². The normalized spacial score (nSPS) is 24.1. The topological polar surface area (TPSA) is 12.0 Å². The van der Waals surface area contributed by atoms with Gasteiger partial charge in [0.05, 0.1) is 0 Å². The summed E-state index contributed by atoms with van der Waals surface area (Å²) in [6.45, 7) is 3.47. The Hall–Kier alpha value is -0.180. The fourth-order valence-corrected chi connectivity index (χ4v) is 3.69.